The minimum atomic E-state index is 0.407. The van der Waals surface area contributed by atoms with Gasteiger partial charge in [-0.1, -0.05) is 0 Å². The van der Waals surface area contributed by atoms with Crippen LogP contribution in [-0.2, 0) is 11.3 Å². The van der Waals surface area contributed by atoms with Crippen LogP contribution in [0.4, 0.5) is 0 Å². The molecule has 0 aliphatic carbocycles. The van der Waals surface area contributed by atoms with Crippen LogP contribution in [0.2, 0.25) is 0 Å². The molecule has 0 bridgehead atoms. The summed E-state index contributed by atoms with van der Waals surface area (Å²) in [7, 11) is 0. The van der Waals surface area contributed by atoms with Crippen LogP contribution in [0.1, 0.15) is 17.7 Å². The van der Waals surface area contributed by atoms with E-state index in [1.807, 2.05) is 0 Å². The summed E-state index contributed by atoms with van der Waals surface area (Å²) >= 11 is 5.19. The van der Waals surface area contributed by atoms with E-state index in [2.05, 4.69) is 32.7 Å². The molecule has 0 saturated carbocycles. The Balaban J connectivity index is 1.76. The number of nitrogens with one attached hydrogen (secondary N) is 1. The van der Waals surface area contributed by atoms with Crippen molar-refractivity contribution in [2.45, 2.75) is 25.6 Å². The first-order chi connectivity index (χ1) is 6.84. The zero-order valence-corrected chi connectivity index (χ0v) is 10.4. The first-order valence-corrected chi connectivity index (χ1v) is 6.57. The van der Waals surface area contributed by atoms with Gasteiger partial charge in [0.25, 0.3) is 0 Å². The van der Waals surface area contributed by atoms with Crippen molar-refractivity contribution >= 4 is 27.3 Å². The molecule has 1 atom stereocenters. The molecule has 0 spiro atoms. The van der Waals surface area contributed by atoms with E-state index < -0.39 is 0 Å². The number of hydrogen-bond donors (Lipinski definition) is 1. The Morgan fingerprint density at radius 1 is 1.64 bits per heavy atom. The maximum Gasteiger partial charge on any atom is 0.0814 e. The number of ether oxygens (including phenoxy) is 1. The summed E-state index contributed by atoms with van der Waals surface area (Å²) in [5.41, 5.74) is 0. The van der Waals surface area contributed by atoms with Gasteiger partial charge in [0, 0.05) is 21.3 Å². The quantitative estimate of drug-likeness (QED) is 0.916. The van der Waals surface area contributed by atoms with Crippen LogP contribution in [0.3, 0.4) is 0 Å². The molecule has 2 heterocycles. The fourth-order valence-electron chi connectivity index (χ4n) is 1.59. The molecular formula is C10H14BrNOS. The van der Waals surface area contributed by atoms with Crippen molar-refractivity contribution in [2.75, 3.05) is 13.1 Å². The molecule has 1 aliphatic heterocycles. The summed E-state index contributed by atoms with van der Waals surface area (Å²) in [5.74, 6) is 0. The Morgan fingerprint density at radius 2 is 2.57 bits per heavy atom. The molecule has 0 radical (unpaired) electrons. The summed E-state index contributed by atoms with van der Waals surface area (Å²) < 4.78 is 6.96. The normalized spacial score (nSPS) is 22.5. The standard InChI is InChI=1S/C10H14BrNOS/c11-8-4-10(14-7-8)6-13-9-2-1-3-12-5-9/h4,7,9,12H,1-3,5-6H2. The predicted octanol–water partition coefficient (Wildman–Crippen LogP) is 2.78. The maximum atomic E-state index is 5.81. The van der Waals surface area contributed by atoms with Crippen LogP contribution >= 0.6 is 27.3 Å². The van der Waals surface area contributed by atoms with Gasteiger partial charge in [-0.25, -0.2) is 0 Å². The van der Waals surface area contributed by atoms with Gasteiger partial charge in [0.2, 0.25) is 0 Å². The smallest absolute Gasteiger partial charge is 0.0814 e. The molecule has 4 heteroatoms. The Kier molecular flexibility index (Phi) is 3.99. The van der Waals surface area contributed by atoms with Crippen molar-refractivity contribution in [3.8, 4) is 0 Å². The van der Waals surface area contributed by atoms with E-state index in [-0.39, 0.29) is 0 Å². The monoisotopic (exact) mass is 275 g/mol. The van der Waals surface area contributed by atoms with E-state index in [1.165, 1.54) is 17.7 Å². The third-order valence-corrected chi connectivity index (χ3v) is 4.01. The van der Waals surface area contributed by atoms with Gasteiger partial charge < -0.3 is 10.1 Å². The fraction of sp³-hybridized carbons (Fsp3) is 0.600. The minimum absolute atomic E-state index is 0.407. The lowest BCUT2D eigenvalue weighted by atomic mass is 10.1. The zero-order chi connectivity index (χ0) is 9.80. The second kappa shape index (κ2) is 5.26. The van der Waals surface area contributed by atoms with Gasteiger partial charge in [-0.05, 0) is 41.4 Å². The average Bonchev–Trinajstić information content (AvgIpc) is 2.63. The van der Waals surface area contributed by atoms with E-state index in [0.717, 1.165) is 24.2 Å². The Bertz CT molecular complexity index is 283. The van der Waals surface area contributed by atoms with Crippen molar-refractivity contribution in [3.05, 3.63) is 20.8 Å². The Morgan fingerprint density at radius 3 is 3.21 bits per heavy atom. The summed E-state index contributed by atoms with van der Waals surface area (Å²) in [5, 5.41) is 5.44. The van der Waals surface area contributed by atoms with Gasteiger partial charge in [-0.2, -0.15) is 0 Å². The molecule has 1 aliphatic rings. The molecule has 1 unspecified atom stereocenters. The molecule has 1 aromatic rings. The van der Waals surface area contributed by atoms with Gasteiger partial charge >= 0.3 is 0 Å². The van der Waals surface area contributed by atoms with Crippen molar-refractivity contribution in [1.29, 1.82) is 0 Å². The van der Waals surface area contributed by atoms with E-state index in [9.17, 15) is 0 Å². The van der Waals surface area contributed by atoms with Crippen molar-refractivity contribution < 1.29 is 4.74 Å². The molecule has 1 fully saturated rings. The number of rotatable bonds is 3. The highest BCUT2D eigenvalue weighted by Crippen LogP contribution is 2.21. The summed E-state index contributed by atoms with van der Waals surface area (Å²) in [6, 6.07) is 2.13. The first kappa shape index (κ1) is 10.6. The second-order valence-corrected chi connectivity index (χ2v) is 5.42. The van der Waals surface area contributed by atoms with Crippen molar-refractivity contribution in [3.63, 3.8) is 0 Å². The summed E-state index contributed by atoms with van der Waals surface area (Å²) in [4.78, 5) is 1.29. The van der Waals surface area contributed by atoms with Gasteiger partial charge in [-0.3, -0.25) is 0 Å². The number of thiophene rings is 1. The molecule has 0 aromatic carbocycles. The molecule has 1 aromatic heterocycles. The van der Waals surface area contributed by atoms with Gasteiger partial charge in [0.05, 0.1) is 12.7 Å². The number of piperidine rings is 1. The third kappa shape index (κ3) is 3.05. The molecule has 78 valence electrons. The zero-order valence-electron chi connectivity index (χ0n) is 7.96. The highest BCUT2D eigenvalue weighted by atomic mass is 79.9. The SMILES string of the molecule is Brc1csc(COC2CCCNC2)c1. The van der Waals surface area contributed by atoms with Crippen molar-refractivity contribution in [2.24, 2.45) is 0 Å². The van der Waals surface area contributed by atoms with Crippen LogP contribution < -0.4 is 5.32 Å². The topological polar surface area (TPSA) is 21.3 Å². The van der Waals surface area contributed by atoms with Gasteiger partial charge in [0.1, 0.15) is 0 Å². The fourth-order valence-corrected chi connectivity index (χ4v) is 2.96. The molecule has 2 nitrogen and oxygen atoms in total. The van der Waals surface area contributed by atoms with E-state index in [0.29, 0.717) is 6.10 Å². The largest absolute Gasteiger partial charge is 0.371 e. The number of hydrogen-bond acceptors (Lipinski definition) is 3. The van der Waals surface area contributed by atoms with Crippen LogP contribution in [0, 0.1) is 0 Å². The van der Waals surface area contributed by atoms with E-state index in [4.69, 9.17) is 4.74 Å². The molecule has 1 saturated heterocycles. The lowest BCUT2D eigenvalue weighted by Crippen LogP contribution is -2.35. The summed E-state index contributed by atoms with van der Waals surface area (Å²) in [6.45, 7) is 2.90. The highest BCUT2D eigenvalue weighted by Gasteiger charge is 2.13. The van der Waals surface area contributed by atoms with Crippen molar-refractivity contribution in [1.82, 2.24) is 5.32 Å². The van der Waals surface area contributed by atoms with Crippen LogP contribution in [0.25, 0.3) is 0 Å². The second-order valence-electron chi connectivity index (χ2n) is 3.51. The van der Waals surface area contributed by atoms with E-state index in [1.54, 1.807) is 11.3 Å². The predicted molar refractivity (Wildman–Crippen MR) is 62.7 cm³/mol. The molecule has 2 rings (SSSR count). The van der Waals surface area contributed by atoms with Crippen LogP contribution in [0.15, 0.2) is 15.9 Å². The lowest BCUT2D eigenvalue weighted by molar-refractivity contribution is 0.0267. The molecule has 0 amide bonds. The average molecular weight is 276 g/mol. The van der Waals surface area contributed by atoms with Gasteiger partial charge in [0.15, 0.2) is 0 Å². The first-order valence-electron chi connectivity index (χ1n) is 4.90. The van der Waals surface area contributed by atoms with Crippen LogP contribution in [-0.4, -0.2) is 19.2 Å². The molecule has 14 heavy (non-hydrogen) atoms. The summed E-state index contributed by atoms with van der Waals surface area (Å²) in [6.07, 6.45) is 2.84. The van der Waals surface area contributed by atoms with Crippen LogP contribution in [0.5, 0.6) is 0 Å². The molecular weight excluding hydrogens is 262 g/mol. The Labute approximate surface area is 96.8 Å². The van der Waals surface area contributed by atoms with E-state index >= 15 is 0 Å². The Hall–Kier alpha value is 0.1000. The number of halogens is 1. The minimum Gasteiger partial charge on any atom is -0.371 e. The molecule has 1 N–H and O–H groups in total. The third-order valence-electron chi connectivity index (χ3n) is 2.33. The van der Waals surface area contributed by atoms with Gasteiger partial charge in [-0.15, -0.1) is 11.3 Å². The lowest BCUT2D eigenvalue weighted by Gasteiger charge is -2.22. The highest BCUT2D eigenvalue weighted by molar-refractivity contribution is 9.10. The maximum absolute atomic E-state index is 5.81.